The van der Waals surface area contributed by atoms with Crippen LogP contribution in [0.1, 0.15) is 71.4 Å². The number of furan rings is 2. The molecule has 45 heavy (non-hydrogen) atoms. The van der Waals surface area contributed by atoms with Crippen molar-refractivity contribution in [3.05, 3.63) is 96.1 Å². The van der Waals surface area contributed by atoms with Crippen molar-refractivity contribution in [2.24, 2.45) is 0 Å². The Morgan fingerprint density at radius 2 is 1.53 bits per heavy atom. The maximum atomic E-state index is 6.89. The molecule has 1 saturated carbocycles. The van der Waals surface area contributed by atoms with Gasteiger partial charge in [-0.2, -0.15) is 0 Å². The van der Waals surface area contributed by atoms with Gasteiger partial charge in [-0.3, -0.25) is 4.90 Å². The maximum absolute atomic E-state index is 6.89. The third-order valence-corrected chi connectivity index (χ3v) is 12.0. The summed E-state index contributed by atoms with van der Waals surface area (Å²) in [7, 11) is 0. The van der Waals surface area contributed by atoms with Crippen LogP contribution in [0.2, 0.25) is 0 Å². The first kappa shape index (κ1) is 25.9. The van der Waals surface area contributed by atoms with E-state index in [1.54, 1.807) is 0 Å². The Morgan fingerprint density at radius 3 is 2.36 bits per heavy atom. The normalized spacial score (nSPS) is 22.9. The van der Waals surface area contributed by atoms with Gasteiger partial charge in [-0.15, -0.1) is 0 Å². The van der Waals surface area contributed by atoms with E-state index >= 15 is 0 Å². The Balaban J connectivity index is 1.40. The molecular formula is C40H37BN2O2. The van der Waals surface area contributed by atoms with Gasteiger partial charge in [-0.1, -0.05) is 95.1 Å². The van der Waals surface area contributed by atoms with Crippen LogP contribution in [0, 0.1) is 0 Å². The van der Waals surface area contributed by atoms with Crippen molar-refractivity contribution in [2.75, 3.05) is 9.80 Å². The summed E-state index contributed by atoms with van der Waals surface area (Å²) in [5, 5.41) is 2.21. The smallest absolute Gasteiger partial charge is 0.299 e. The number of fused-ring (bicyclic) bond motifs is 11. The van der Waals surface area contributed by atoms with Crippen LogP contribution in [0.15, 0.2) is 93.8 Å². The summed E-state index contributed by atoms with van der Waals surface area (Å²) in [6.07, 6.45) is 4.95. The van der Waals surface area contributed by atoms with Crippen LogP contribution < -0.4 is 26.2 Å². The van der Waals surface area contributed by atoms with Gasteiger partial charge in [-0.25, -0.2) is 0 Å². The van der Waals surface area contributed by atoms with E-state index in [1.165, 1.54) is 70.3 Å². The highest BCUT2D eigenvalue weighted by Gasteiger charge is 2.61. The maximum Gasteiger partial charge on any atom is 0.299 e. The molecule has 2 aromatic heterocycles. The van der Waals surface area contributed by atoms with Crippen LogP contribution in [-0.4, -0.2) is 12.3 Å². The lowest BCUT2D eigenvalue weighted by Crippen LogP contribution is -2.64. The third kappa shape index (κ3) is 3.01. The SMILES string of the molecule is CC(C)(C)c1cc2c3c(c1)N1c4c(cccc4C4(C)CCCCC14C)B3c1c(oc3oc4ccccc4c13)N2c1ccccc1. The molecule has 2 atom stereocenters. The second-order valence-electron chi connectivity index (χ2n) is 15.3. The third-order valence-electron chi connectivity index (χ3n) is 12.0. The van der Waals surface area contributed by atoms with Crippen molar-refractivity contribution in [1.29, 1.82) is 0 Å². The molecule has 0 N–H and O–H groups in total. The lowest BCUT2D eigenvalue weighted by Gasteiger charge is -2.52. The fraction of sp³-hybridized carbons (Fsp3) is 0.300. The fourth-order valence-electron chi connectivity index (χ4n) is 9.55. The second-order valence-corrected chi connectivity index (χ2v) is 15.3. The van der Waals surface area contributed by atoms with E-state index in [-0.39, 0.29) is 23.1 Å². The van der Waals surface area contributed by atoms with Crippen LogP contribution >= 0.6 is 0 Å². The standard InChI is InChI=1S/C40H37BN2O2/c1-38(2,3)24-22-29-33-30(23-24)43-35-27(39(4)20-11-12-21-40(39,43)5)17-13-18-28(35)41(33)34-32-26-16-9-10-19-31(26)44-37(32)45-36(34)42(29)25-14-7-6-8-15-25/h6-10,13-19,22-23H,11-12,20-21H2,1-5H3. The van der Waals surface area contributed by atoms with Crippen molar-refractivity contribution >= 4 is 73.9 Å². The van der Waals surface area contributed by atoms with Crippen LogP contribution in [0.3, 0.4) is 0 Å². The first-order valence-electron chi connectivity index (χ1n) is 16.6. The molecule has 222 valence electrons. The van der Waals surface area contributed by atoms with Gasteiger partial charge in [0.25, 0.3) is 12.5 Å². The van der Waals surface area contributed by atoms with E-state index < -0.39 is 0 Å². The molecule has 5 heterocycles. The highest BCUT2D eigenvalue weighted by Crippen LogP contribution is 2.62. The summed E-state index contributed by atoms with van der Waals surface area (Å²) in [6.45, 7) is 12.1. The fourth-order valence-corrected chi connectivity index (χ4v) is 9.55. The molecule has 4 nitrogen and oxygen atoms in total. The zero-order valence-electron chi connectivity index (χ0n) is 26.7. The van der Waals surface area contributed by atoms with Gasteiger partial charge in [0.05, 0.1) is 10.9 Å². The van der Waals surface area contributed by atoms with E-state index in [2.05, 4.69) is 123 Å². The number of anilines is 5. The second kappa shape index (κ2) is 8.25. The first-order valence-corrected chi connectivity index (χ1v) is 16.6. The lowest BCUT2D eigenvalue weighted by molar-refractivity contribution is 0.195. The molecule has 5 heteroatoms. The Hall–Kier alpha value is -4.38. The van der Waals surface area contributed by atoms with E-state index in [4.69, 9.17) is 8.83 Å². The van der Waals surface area contributed by atoms with Gasteiger partial charge < -0.3 is 13.7 Å². The largest absolute Gasteiger partial charge is 0.425 e. The summed E-state index contributed by atoms with van der Waals surface area (Å²) >= 11 is 0. The predicted molar refractivity (Wildman–Crippen MR) is 187 cm³/mol. The quantitative estimate of drug-likeness (QED) is 0.180. The minimum absolute atomic E-state index is 0.00908. The summed E-state index contributed by atoms with van der Waals surface area (Å²) < 4.78 is 13.3. The van der Waals surface area contributed by atoms with E-state index in [0.717, 1.165) is 27.9 Å². The number of hydrogen-bond acceptors (Lipinski definition) is 4. The molecule has 2 unspecified atom stereocenters. The molecule has 4 aromatic carbocycles. The summed E-state index contributed by atoms with van der Waals surface area (Å²) in [4.78, 5) is 5.18. The lowest BCUT2D eigenvalue weighted by atomic mass is 9.33. The molecule has 6 aromatic rings. The van der Waals surface area contributed by atoms with Crippen molar-refractivity contribution in [2.45, 2.75) is 76.7 Å². The predicted octanol–water partition coefficient (Wildman–Crippen LogP) is 8.83. The van der Waals surface area contributed by atoms with Gasteiger partial charge >= 0.3 is 0 Å². The number of nitrogens with zero attached hydrogens (tertiary/aromatic N) is 2. The van der Waals surface area contributed by atoms with Crippen molar-refractivity contribution in [1.82, 2.24) is 0 Å². The molecule has 0 spiro atoms. The molecule has 0 radical (unpaired) electrons. The summed E-state index contributed by atoms with van der Waals surface area (Å²) in [5.41, 5.74) is 12.9. The van der Waals surface area contributed by atoms with E-state index in [1.807, 2.05) is 6.07 Å². The van der Waals surface area contributed by atoms with E-state index in [0.29, 0.717) is 5.78 Å². The van der Waals surface area contributed by atoms with Crippen LogP contribution in [0.4, 0.5) is 28.6 Å². The van der Waals surface area contributed by atoms with Gasteiger partial charge in [-0.05, 0) is 77.6 Å². The van der Waals surface area contributed by atoms with Crippen LogP contribution in [-0.2, 0) is 10.8 Å². The van der Waals surface area contributed by atoms with Gasteiger partial charge in [0.2, 0.25) is 5.88 Å². The summed E-state index contributed by atoms with van der Waals surface area (Å²) in [5.74, 6) is 1.48. The Bertz CT molecular complexity index is 2220. The molecule has 3 aliphatic heterocycles. The minimum Gasteiger partial charge on any atom is -0.425 e. The monoisotopic (exact) mass is 588 g/mol. The number of hydrogen-bond donors (Lipinski definition) is 0. The highest BCUT2D eigenvalue weighted by atomic mass is 16.5. The number of benzene rings is 4. The van der Waals surface area contributed by atoms with Crippen LogP contribution in [0.25, 0.3) is 22.1 Å². The van der Waals surface area contributed by atoms with Crippen molar-refractivity contribution in [3.63, 3.8) is 0 Å². The average Bonchev–Trinajstić information content (AvgIpc) is 3.64. The minimum atomic E-state index is -0.0348. The zero-order valence-corrected chi connectivity index (χ0v) is 26.7. The highest BCUT2D eigenvalue weighted by molar-refractivity contribution is 7.01. The van der Waals surface area contributed by atoms with Gasteiger partial charge in [0.15, 0.2) is 0 Å². The van der Waals surface area contributed by atoms with Crippen molar-refractivity contribution < 1.29 is 8.83 Å². The summed E-state index contributed by atoms with van der Waals surface area (Å²) in [6, 6.07) is 31.3. The Labute approximate surface area is 264 Å². The van der Waals surface area contributed by atoms with E-state index in [9.17, 15) is 0 Å². The van der Waals surface area contributed by atoms with Gasteiger partial charge in [0, 0.05) is 39.0 Å². The molecule has 1 fully saturated rings. The molecule has 0 amide bonds. The topological polar surface area (TPSA) is 32.8 Å². The van der Waals surface area contributed by atoms with Crippen molar-refractivity contribution in [3.8, 4) is 0 Å². The average molecular weight is 589 g/mol. The van der Waals surface area contributed by atoms with Crippen LogP contribution in [0.5, 0.6) is 0 Å². The molecule has 10 rings (SSSR count). The Kier molecular flexibility index (Phi) is 4.75. The first-order chi connectivity index (χ1) is 21.7. The molecule has 4 aliphatic rings. The molecule has 0 saturated heterocycles. The molecule has 1 aliphatic carbocycles. The molecule has 0 bridgehead atoms. The number of rotatable bonds is 1. The zero-order chi connectivity index (χ0) is 30.5. The Morgan fingerprint density at radius 1 is 0.778 bits per heavy atom. The number of para-hydroxylation sites is 3. The van der Waals surface area contributed by atoms with Gasteiger partial charge in [0.1, 0.15) is 5.58 Å². The molecular weight excluding hydrogens is 551 g/mol.